The number of piperidine rings is 1. The first-order valence-corrected chi connectivity index (χ1v) is 12.9. The lowest BCUT2D eigenvalue weighted by Gasteiger charge is -2.33. The van der Waals surface area contributed by atoms with Crippen molar-refractivity contribution in [3.05, 3.63) is 89.4 Å². The third-order valence-electron chi connectivity index (χ3n) is 6.77. The molecule has 1 fully saturated rings. The molecule has 3 aromatic carbocycles. The predicted molar refractivity (Wildman–Crippen MR) is 149 cm³/mol. The smallest absolute Gasteiger partial charge is 0.262 e. The number of aromatic nitrogens is 1. The van der Waals surface area contributed by atoms with Crippen LogP contribution in [0.1, 0.15) is 18.4 Å². The van der Waals surface area contributed by atoms with Crippen LogP contribution in [0.2, 0.25) is 5.02 Å². The standard InChI is InChI=1S/C30H30ClN3O3/c1-36-26-12-11-24(31)19-25(26)32-29(35)20-37-27-9-5-8-23-10-13-28(33-30(23)27)34-16-14-22(15-17-34)18-21-6-3-2-4-7-21/h2-13,19,22H,14-18,20H2,1H3,(H,32,35). The second-order valence-corrected chi connectivity index (χ2v) is 9.74. The van der Waals surface area contributed by atoms with E-state index in [-0.39, 0.29) is 12.5 Å². The molecule has 7 heteroatoms. The topological polar surface area (TPSA) is 63.7 Å². The van der Waals surface area contributed by atoms with Crippen molar-refractivity contribution in [3.63, 3.8) is 0 Å². The zero-order valence-corrected chi connectivity index (χ0v) is 21.6. The summed E-state index contributed by atoms with van der Waals surface area (Å²) in [6.45, 7) is 1.79. The van der Waals surface area contributed by atoms with Crippen LogP contribution in [-0.4, -0.2) is 37.7 Å². The minimum Gasteiger partial charge on any atom is -0.495 e. The molecule has 1 aliphatic rings. The van der Waals surface area contributed by atoms with Gasteiger partial charge in [0.2, 0.25) is 0 Å². The van der Waals surface area contributed by atoms with Gasteiger partial charge < -0.3 is 19.7 Å². The van der Waals surface area contributed by atoms with Crippen molar-refractivity contribution in [2.24, 2.45) is 5.92 Å². The first-order valence-electron chi connectivity index (χ1n) is 12.5. The molecule has 1 aliphatic heterocycles. The maximum absolute atomic E-state index is 12.6. The fourth-order valence-corrected chi connectivity index (χ4v) is 5.00. The highest BCUT2D eigenvalue weighted by atomic mass is 35.5. The molecule has 0 radical (unpaired) electrons. The Kier molecular flexibility index (Phi) is 7.76. The third-order valence-corrected chi connectivity index (χ3v) is 7.00. The summed E-state index contributed by atoms with van der Waals surface area (Å²) in [4.78, 5) is 19.9. The molecule has 0 saturated carbocycles. The Morgan fingerprint density at radius 2 is 1.81 bits per heavy atom. The van der Waals surface area contributed by atoms with Gasteiger partial charge in [-0.05, 0) is 67.1 Å². The van der Waals surface area contributed by atoms with Crippen LogP contribution in [-0.2, 0) is 11.2 Å². The number of carbonyl (C=O) groups is 1. The van der Waals surface area contributed by atoms with E-state index in [1.807, 2.05) is 18.2 Å². The molecule has 4 aromatic rings. The molecule has 5 rings (SSSR count). The van der Waals surface area contributed by atoms with Crippen LogP contribution in [0.3, 0.4) is 0 Å². The van der Waals surface area contributed by atoms with Crippen molar-refractivity contribution < 1.29 is 14.3 Å². The molecule has 0 unspecified atom stereocenters. The van der Waals surface area contributed by atoms with E-state index in [0.29, 0.717) is 28.1 Å². The largest absolute Gasteiger partial charge is 0.495 e. The number of hydrogen-bond acceptors (Lipinski definition) is 5. The minimum absolute atomic E-state index is 0.161. The number of anilines is 2. The van der Waals surface area contributed by atoms with Gasteiger partial charge in [-0.3, -0.25) is 4.79 Å². The third kappa shape index (κ3) is 6.15. The Balaban J connectivity index is 1.24. The molecule has 37 heavy (non-hydrogen) atoms. The molecular weight excluding hydrogens is 486 g/mol. The van der Waals surface area contributed by atoms with Crippen LogP contribution >= 0.6 is 11.6 Å². The van der Waals surface area contributed by atoms with Crippen molar-refractivity contribution in [1.29, 1.82) is 0 Å². The number of ether oxygens (including phenoxy) is 2. The number of para-hydroxylation sites is 1. The van der Waals surface area contributed by atoms with E-state index in [9.17, 15) is 4.79 Å². The zero-order valence-electron chi connectivity index (χ0n) is 20.8. The number of amides is 1. The fourth-order valence-electron chi connectivity index (χ4n) is 4.82. The molecule has 0 spiro atoms. The summed E-state index contributed by atoms with van der Waals surface area (Å²) in [5.41, 5.74) is 2.65. The van der Waals surface area contributed by atoms with Gasteiger partial charge in [-0.25, -0.2) is 4.98 Å². The number of fused-ring (bicyclic) bond motifs is 1. The van der Waals surface area contributed by atoms with Crippen LogP contribution in [0.25, 0.3) is 10.9 Å². The van der Waals surface area contributed by atoms with Crippen LogP contribution < -0.4 is 19.7 Å². The molecule has 1 amide bonds. The Morgan fingerprint density at radius 1 is 1.00 bits per heavy atom. The number of carbonyl (C=O) groups excluding carboxylic acids is 1. The summed E-state index contributed by atoms with van der Waals surface area (Å²) in [6, 6.07) is 25.7. The molecule has 1 saturated heterocycles. The molecule has 0 atom stereocenters. The number of halogens is 1. The summed E-state index contributed by atoms with van der Waals surface area (Å²) < 4.78 is 11.2. The molecule has 6 nitrogen and oxygen atoms in total. The van der Waals surface area contributed by atoms with E-state index in [1.165, 1.54) is 5.56 Å². The molecule has 0 aliphatic carbocycles. The van der Waals surface area contributed by atoms with Crippen molar-refractivity contribution in [2.45, 2.75) is 19.3 Å². The second kappa shape index (κ2) is 11.5. The lowest BCUT2D eigenvalue weighted by atomic mass is 9.90. The number of benzene rings is 3. The molecular formula is C30H30ClN3O3. The van der Waals surface area contributed by atoms with Gasteiger partial charge in [0.25, 0.3) is 5.91 Å². The van der Waals surface area contributed by atoms with E-state index in [4.69, 9.17) is 26.1 Å². The molecule has 1 N–H and O–H groups in total. The van der Waals surface area contributed by atoms with Gasteiger partial charge in [-0.15, -0.1) is 0 Å². The Morgan fingerprint density at radius 3 is 2.59 bits per heavy atom. The van der Waals surface area contributed by atoms with Gasteiger partial charge in [-0.1, -0.05) is 54.1 Å². The summed E-state index contributed by atoms with van der Waals surface area (Å²) in [5.74, 6) is 2.42. The van der Waals surface area contributed by atoms with Crippen LogP contribution in [0, 0.1) is 5.92 Å². The SMILES string of the molecule is COc1ccc(Cl)cc1NC(=O)COc1cccc2ccc(N3CCC(Cc4ccccc4)CC3)nc12. The maximum Gasteiger partial charge on any atom is 0.262 e. The van der Waals surface area contributed by atoms with Crippen LogP contribution in [0.15, 0.2) is 78.9 Å². The van der Waals surface area contributed by atoms with Gasteiger partial charge in [0, 0.05) is 23.5 Å². The first kappa shape index (κ1) is 24.9. The Labute approximate surface area is 222 Å². The monoisotopic (exact) mass is 515 g/mol. The van der Waals surface area contributed by atoms with E-state index >= 15 is 0 Å². The highest BCUT2D eigenvalue weighted by Gasteiger charge is 2.21. The quantitative estimate of drug-likeness (QED) is 0.295. The van der Waals surface area contributed by atoms with Crippen molar-refractivity contribution in [1.82, 2.24) is 4.98 Å². The van der Waals surface area contributed by atoms with Gasteiger partial charge in [0.05, 0.1) is 12.8 Å². The fraction of sp³-hybridized carbons (Fsp3) is 0.267. The lowest BCUT2D eigenvalue weighted by molar-refractivity contribution is -0.118. The van der Waals surface area contributed by atoms with Gasteiger partial charge in [0.15, 0.2) is 6.61 Å². The molecule has 190 valence electrons. The average Bonchev–Trinajstić information content (AvgIpc) is 2.93. The van der Waals surface area contributed by atoms with Crippen molar-refractivity contribution >= 4 is 39.9 Å². The van der Waals surface area contributed by atoms with E-state index < -0.39 is 0 Å². The molecule has 1 aromatic heterocycles. The van der Waals surface area contributed by atoms with E-state index in [1.54, 1.807) is 25.3 Å². The van der Waals surface area contributed by atoms with Crippen LogP contribution in [0.4, 0.5) is 11.5 Å². The summed E-state index contributed by atoms with van der Waals surface area (Å²) in [7, 11) is 1.54. The summed E-state index contributed by atoms with van der Waals surface area (Å²) >= 11 is 6.07. The first-order chi connectivity index (χ1) is 18.1. The normalized spacial score (nSPS) is 13.9. The number of rotatable bonds is 8. The molecule has 0 bridgehead atoms. The van der Waals surface area contributed by atoms with Crippen LogP contribution in [0.5, 0.6) is 11.5 Å². The highest BCUT2D eigenvalue weighted by Crippen LogP contribution is 2.30. The Bertz CT molecular complexity index is 1370. The minimum atomic E-state index is -0.311. The summed E-state index contributed by atoms with van der Waals surface area (Å²) in [6.07, 6.45) is 3.40. The van der Waals surface area contributed by atoms with E-state index in [2.05, 4.69) is 52.7 Å². The highest BCUT2D eigenvalue weighted by molar-refractivity contribution is 6.31. The van der Waals surface area contributed by atoms with Gasteiger partial charge >= 0.3 is 0 Å². The number of nitrogens with zero attached hydrogens (tertiary/aromatic N) is 2. The summed E-state index contributed by atoms with van der Waals surface area (Å²) in [5, 5.41) is 4.28. The zero-order chi connectivity index (χ0) is 25.6. The molecule has 2 heterocycles. The lowest BCUT2D eigenvalue weighted by Crippen LogP contribution is -2.34. The predicted octanol–water partition coefficient (Wildman–Crippen LogP) is 6.37. The second-order valence-electron chi connectivity index (χ2n) is 9.30. The van der Waals surface area contributed by atoms with Crippen molar-refractivity contribution in [3.8, 4) is 11.5 Å². The Hall–Kier alpha value is -3.77. The number of pyridine rings is 1. The number of nitrogens with one attached hydrogen (secondary N) is 1. The van der Waals surface area contributed by atoms with Gasteiger partial charge in [-0.2, -0.15) is 0 Å². The number of hydrogen-bond donors (Lipinski definition) is 1. The maximum atomic E-state index is 12.6. The van der Waals surface area contributed by atoms with Gasteiger partial charge in [0.1, 0.15) is 22.8 Å². The van der Waals surface area contributed by atoms with E-state index in [0.717, 1.165) is 49.1 Å². The number of methoxy groups -OCH3 is 1. The van der Waals surface area contributed by atoms with Crippen molar-refractivity contribution in [2.75, 3.05) is 37.0 Å². The average molecular weight is 516 g/mol.